The van der Waals surface area contributed by atoms with Gasteiger partial charge in [0.15, 0.2) is 5.11 Å². The molecule has 0 aliphatic carbocycles. The summed E-state index contributed by atoms with van der Waals surface area (Å²) in [5, 5.41) is 16.9. The zero-order valence-electron chi connectivity index (χ0n) is 13.9. The largest absolute Gasteiger partial charge is 0.481 e. The van der Waals surface area contributed by atoms with E-state index in [-0.39, 0.29) is 6.42 Å². The Morgan fingerprint density at radius 3 is 2.77 bits per heavy atom. The van der Waals surface area contributed by atoms with Crippen molar-refractivity contribution >= 4 is 62.4 Å². The van der Waals surface area contributed by atoms with E-state index in [1.165, 1.54) is 11.5 Å². The van der Waals surface area contributed by atoms with E-state index in [2.05, 4.69) is 15.0 Å². The fourth-order valence-electron chi connectivity index (χ4n) is 2.54. The number of anilines is 1. The number of fused-ring (bicyclic) bond motifs is 1. The standard InChI is InChI=1S/C18H17N3O2S3/c1-25-14-5-2-11(3-6-14)15(9-17(22)23)21-18(24)20-13-4-7-16-12(8-13)10-19-26-16/h2-8,10,15H,9H2,1H3,(H,22,23)(H2,20,21,24). The molecule has 1 aromatic heterocycles. The van der Waals surface area contributed by atoms with E-state index < -0.39 is 12.0 Å². The summed E-state index contributed by atoms with van der Waals surface area (Å²) in [6.07, 6.45) is 3.75. The number of thiocarbonyl (C=S) groups is 1. The quantitative estimate of drug-likeness (QED) is 0.413. The number of benzene rings is 2. The summed E-state index contributed by atoms with van der Waals surface area (Å²) in [5.41, 5.74) is 1.72. The number of hydrogen-bond donors (Lipinski definition) is 3. The van der Waals surface area contributed by atoms with Crippen molar-refractivity contribution in [3.05, 3.63) is 54.2 Å². The lowest BCUT2D eigenvalue weighted by Crippen LogP contribution is -2.33. The maximum Gasteiger partial charge on any atom is 0.305 e. The van der Waals surface area contributed by atoms with Gasteiger partial charge in [0.2, 0.25) is 0 Å². The number of aromatic nitrogens is 1. The van der Waals surface area contributed by atoms with E-state index >= 15 is 0 Å². The molecule has 0 aliphatic heterocycles. The van der Waals surface area contributed by atoms with Crippen molar-refractivity contribution in [2.75, 3.05) is 11.6 Å². The number of carbonyl (C=O) groups is 1. The molecule has 0 amide bonds. The number of aliphatic carboxylic acids is 1. The van der Waals surface area contributed by atoms with Crippen molar-refractivity contribution in [2.24, 2.45) is 0 Å². The lowest BCUT2D eigenvalue weighted by atomic mass is 10.0. The van der Waals surface area contributed by atoms with E-state index in [1.807, 2.05) is 54.9 Å². The van der Waals surface area contributed by atoms with Crippen LogP contribution in [0.3, 0.4) is 0 Å². The van der Waals surface area contributed by atoms with Gasteiger partial charge in [0.05, 0.1) is 17.2 Å². The minimum absolute atomic E-state index is 0.0616. The van der Waals surface area contributed by atoms with Crippen LogP contribution in [0.25, 0.3) is 10.1 Å². The average molecular weight is 404 g/mol. The van der Waals surface area contributed by atoms with Crippen LogP contribution >= 0.6 is 35.5 Å². The van der Waals surface area contributed by atoms with Crippen molar-refractivity contribution in [3.8, 4) is 0 Å². The highest BCUT2D eigenvalue weighted by Gasteiger charge is 2.17. The first kappa shape index (κ1) is 18.6. The molecule has 1 atom stereocenters. The summed E-state index contributed by atoms with van der Waals surface area (Å²) in [7, 11) is 0. The normalized spacial score (nSPS) is 11.9. The maximum absolute atomic E-state index is 11.2. The van der Waals surface area contributed by atoms with Gasteiger partial charge < -0.3 is 15.7 Å². The molecule has 0 saturated carbocycles. The predicted molar refractivity (Wildman–Crippen MR) is 112 cm³/mol. The summed E-state index contributed by atoms with van der Waals surface area (Å²) in [5.74, 6) is -0.884. The average Bonchev–Trinajstić information content (AvgIpc) is 3.08. The Balaban J connectivity index is 1.72. The second-order valence-electron chi connectivity index (χ2n) is 5.60. The number of carboxylic acids is 1. The van der Waals surface area contributed by atoms with Crippen molar-refractivity contribution < 1.29 is 9.90 Å². The van der Waals surface area contributed by atoms with Gasteiger partial charge in [-0.1, -0.05) is 12.1 Å². The highest BCUT2D eigenvalue weighted by molar-refractivity contribution is 7.98. The van der Waals surface area contributed by atoms with E-state index in [1.54, 1.807) is 11.8 Å². The molecule has 0 aliphatic rings. The van der Waals surface area contributed by atoms with Crippen molar-refractivity contribution in [2.45, 2.75) is 17.4 Å². The summed E-state index contributed by atoms with van der Waals surface area (Å²) >= 11 is 8.46. The molecule has 3 aromatic rings. The Morgan fingerprint density at radius 2 is 2.08 bits per heavy atom. The lowest BCUT2D eigenvalue weighted by molar-refractivity contribution is -0.137. The fourth-order valence-corrected chi connectivity index (χ4v) is 3.83. The second kappa shape index (κ2) is 8.48. The van der Waals surface area contributed by atoms with Gasteiger partial charge in [0, 0.05) is 22.2 Å². The van der Waals surface area contributed by atoms with E-state index in [0.717, 1.165) is 26.2 Å². The number of nitrogens with zero attached hydrogens (tertiary/aromatic N) is 1. The zero-order chi connectivity index (χ0) is 18.5. The maximum atomic E-state index is 11.2. The molecule has 1 heterocycles. The van der Waals surface area contributed by atoms with E-state index in [4.69, 9.17) is 12.2 Å². The van der Waals surface area contributed by atoms with Crippen LogP contribution in [0.1, 0.15) is 18.0 Å². The van der Waals surface area contributed by atoms with Gasteiger partial charge in [-0.25, -0.2) is 0 Å². The molecule has 5 nitrogen and oxygen atoms in total. The van der Waals surface area contributed by atoms with Crippen LogP contribution in [0.15, 0.2) is 53.6 Å². The summed E-state index contributed by atoms with van der Waals surface area (Å²) in [4.78, 5) is 12.4. The minimum Gasteiger partial charge on any atom is -0.481 e. The van der Waals surface area contributed by atoms with Crippen LogP contribution in [0, 0.1) is 0 Å². The molecule has 0 spiro atoms. The zero-order valence-corrected chi connectivity index (χ0v) is 16.4. The Bertz CT molecular complexity index is 925. The Kier molecular flexibility index (Phi) is 6.08. The molecule has 26 heavy (non-hydrogen) atoms. The monoisotopic (exact) mass is 403 g/mol. The third-order valence-corrected chi connectivity index (χ3v) is 5.56. The van der Waals surface area contributed by atoms with E-state index in [0.29, 0.717) is 5.11 Å². The number of thioether (sulfide) groups is 1. The Labute approximate surface area is 165 Å². The molecular formula is C18H17N3O2S3. The summed E-state index contributed by atoms with van der Waals surface area (Å²) in [6, 6.07) is 13.3. The van der Waals surface area contributed by atoms with Crippen LogP contribution < -0.4 is 10.6 Å². The van der Waals surface area contributed by atoms with Crippen LogP contribution in [-0.2, 0) is 4.79 Å². The lowest BCUT2D eigenvalue weighted by Gasteiger charge is -2.20. The van der Waals surface area contributed by atoms with Crippen molar-refractivity contribution in [1.29, 1.82) is 0 Å². The first-order valence-corrected chi connectivity index (χ1v) is 10.2. The predicted octanol–water partition coefficient (Wildman–Crippen LogP) is 4.52. The third kappa shape index (κ3) is 4.72. The first-order valence-electron chi connectivity index (χ1n) is 7.83. The van der Waals surface area contributed by atoms with E-state index in [9.17, 15) is 9.90 Å². The summed E-state index contributed by atoms with van der Waals surface area (Å²) in [6.45, 7) is 0. The van der Waals surface area contributed by atoms with Gasteiger partial charge in [-0.15, -0.1) is 11.8 Å². The van der Waals surface area contributed by atoms with Gasteiger partial charge in [-0.3, -0.25) is 4.79 Å². The molecule has 2 aromatic carbocycles. The van der Waals surface area contributed by atoms with Crippen LogP contribution in [0.5, 0.6) is 0 Å². The van der Waals surface area contributed by atoms with Gasteiger partial charge in [-0.2, -0.15) is 4.37 Å². The first-order chi connectivity index (χ1) is 12.5. The third-order valence-electron chi connectivity index (χ3n) is 3.81. The van der Waals surface area contributed by atoms with Gasteiger partial charge in [0.1, 0.15) is 0 Å². The SMILES string of the molecule is CSc1ccc(C(CC(=O)O)NC(=S)Nc2ccc3sncc3c2)cc1. The second-order valence-corrected chi connectivity index (χ2v) is 7.72. The number of hydrogen-bond acceptors (Lipinski definition) is 5. The summed E-state index contributed by atoms with van der Waals surface area (Å²) < 4.78 is 5.26. The van der Waals surface area contributed by atoms with Crippen molar-refractivity contribution in [1.82, 2.24) is 9.69 Å². The molecule has 3 rings (SSSR count). The highest BCUT2D eigenvalue weighted by Crippen LogP contribution is 2.23. The number of carboxylic acid groups (broad SMARTS) is 1. The molecule has 1 unspecified atom stereocenters. The minimum atomic E-state index is -0.884. The van der Waals surface area contributed by atoms with Gasteiger partial charge >= 0.3 is 5.97 Å². The van der Waals surface area contributed by atoms with Crippen LogP contribution in [0.4, 0.5) is 5.69 Å². The Hall–Kier alpha value is -2.16. The molecule has 0 fully saturated rings. The van der Waals surface area contributed by atoms with Gasteiger partial charge in [-0.05, 0) is 65.9 Å². The topological polar surface area (TPSA) is 74.2 Å². The van der Waals surface area contributed by atoms with Crippen molar-refractivity contribution in [3.63, 3.8) is 0 Å². The Morgan fingerprint density at radius 1 is 1.31 bits per heavy atom. The molecule has 8 heteroatoms. The fraction of sp³-hybridized carbons (Fsp3) is 0.167. The molecule has 134 valence electrons. The molecule has 0 saturated heterocycles. The number of nitrogens with one attached hydrogen (secondary N) is 2. The van der Waals surface area contributed by atoms with Crippen LogP contribution in [-0.4, -0.2) is 26.8 Å². The smallest absolute Gasteiger partial charge is 0.305 e. The molecular weight excluding hydrogens is 386 g/mol. The molecule has 0 radical (unpaired) electrons. The van der Waals surface area contributed by atoms with Crippen LogP contribution in [0.2, 0.25) is 0 Å². The molecule has 0 bridgehead atoms. The molecule has 3 N–H and O–H groups in total. The van der Waals surface area contributed by atoms with Gasteiger partial charge in [0.25, 0.3) is 0 Å². The highest BCUT2D eigenvalue weighted by atomic mass is 32.2. The number of rotatable bonds is 6.